The fourth-order valence-corrected chi connectivity index (χ4v) is 1.72. The first-order valence-electron chi connectivity index (χ1n) is 5.85. The molecule has 3 aromatic rings. The van der Waals surface area contributed by atoms with Crippen LogP contribution in [0.2, 0.25) is 0 Å². The topological polar surface area (TPSA) is 73.5 Å². The highest BCUT2D eigenvalue weighted by Gasteiger charge is 2.01. The number of aryl methyl sites for hydroxylation is 1. The fraction of sp³-hybridized carbons (Fsp3) is 0.167. The Balaban J connectivity index is 1.68. The van der Waals surface area contributed by atoms with Gasteiger partial charge >= 0.3 is 0 Å². The molecule has 0 aliphatic heterocycles. The third-order valence-corrected chi connectivity index (χ3v) is 2.80. The van der Waals surface area contributed by atoms with Gasteiger partial charge in [-0.25, -0.2) is 14.6 Å². The molecule has 19 heavy (non-hydrogen) atoms. The zero-order valence-corrected chi connectivity index (χ0v) is 10.4. The molecule has 0 aliphatic rings. The Bertz CT molecular complexity index is 639. The normalized spacial score (nSPS) is 10.6. The van der Waals surface area contributed by atoms with Crippen molar-refractivity contribution >= 4 is 5.69 Å². The van der Waals surface area contributed by atoms with Crippen molar-refractivity contribution in [3.63, 3.8) is 0 Å². The molecule has 0 saturated carbocycles. The third-order valence-electron chi connectivity index (χ3n) is 2.80. The molecule has 3 heterocycles. The van der Waals surface area contributed by atoms with Crippen molar-refractivity contribution in [1.29, 1.82) is 0 Å². The van der Waals surface area contributed by atoms with E-state index < -0.39 is 0 Å². The summed E-state index contributed by atoms with van der Waals surface area (Å²) in [6.07, 6.45) is 6.65. The third kappa shape index (κ3) is 2.44. The fourth-order valence-electron chi connectivity index (χ4n) is 1.72. The lowest BCUT2D eigenvalue weighted by atomic mass is 10.3. The van der Waals surface area contributed by atoms with E-state index in [1.807, 2.05) is 29.9 Å². The first-order valence-corrected chi connectivity index (χ1v) is 5.85. The number of anilines is 1. The van der Waals surface area contributed by atoms with Crippen LogP contribution >= 0.6 is 0 Å². The van der Waals surface area contributed by atoms with E-state index >= 15 is 0 Å². The van der Waals surface area contributed by atoms with Crippen LogP contribution in [0.5, 0.6) is 0 Å². The summed E-state index contributed by atoms with van der Waals surface area (Å²) < 4.78 is 3.45. The Morgan fingerprint density at radius 2 is 2.16 bits per heavy atom. The summed E-state index contributed by atoms with van der Waals surface area (Å²) >= 11 is 0. The van der Waals surface area contributed by atoms with Crippen molar-refractivity contribution in [3.05, 3.63) is 48.9 Å². The second-order valence-corrected chi connectivity index (χ2v) is 4.04. The molecule has 7 nitrogen and oxygen atoms in total. The van der Waals surface area contributed by atoms with Crippen LogP contribution in [-0.4, -0.2) is 29.5 Å². The zero-order chi connectivity index (χ0) is 13.1. The minimum absolute atomic E-state index is 0.709. The predicted molar refractivity (Wildman–Crippen MR) is 69.7 cm³/mol. The average Bonchev–Trinajstić information content (AvgIpc) is 3.09. The number of nitrogens with one attached hydrogen (secondary N) is 1. The maximum Gasteiger partial charge on any atom is 0.155 e. The Morgan fingerprint density at radius 3 is 2.79 bits per heavy atom. The number of nitrogens with zero attached hydrogens (tertiary/aromatic N) is 6. The monoisotopic (exact) mass is 255 g/mol. The molecule has 3 rings (SSSR count). The Morgan fingerprint density at radius 1 is 1.21 bits per heavy atom. The molecule has 0 unspecified atom stereocenters. The summed E-state index contributed by atoms with van der Waals surface area (Å²) in [5, 5.41) is 11.4. The van der Waals surface area contributed by atoms with Crippen molar-refractivity contribution in [2.24, 2.45) is 7.05 Å². The van der Waals surface area contributed by atoms with E-state index in [1.165, 1.54) is 6.33 Å². The molecule has 0 bridgehead atoms. The van der Waals surface area contributed by atoms with E-state index in [1.54, 1.807) is 23.4 Å². The Hall–Kier alpha value is -2.70. The molecule has 0 aromatic carbocycles. The van der Waals surface area contributed by atoms with E-state index in [4.69, 9.17) is 0 Å². The lowest BCUT2D eigenvalue weighted by molar-refractivity contribution is 0.720. The van der Waals surface area contributed by atoms with Gasteiger partial charge in [-0.1, -0.05) is 0 Å². The van der Waals surface area contributed by atoms with Crippen LogP contribution in [0.25, 0.3) is 5.82 Å². The molecular weight excluding hydrogens is 242 g/mol. The molecule has 0 radical (unpaired) electrons. The molecule has 0 spiro atoms. The first-order chi connectivity index (χ1) is 9.33. The first kappa shape index (κ1) is 11.4. The highest BCUT2D eigenvalue weighted by atomic mass is 15.3. The van der Waals surface area contributed by atoms with Crippen molar-refractivity contribution in [1.82, 2.24) is 29.5 Å². The molecule has 0 atom stereocenters. The number of hydrogen-bond donors (Lipinski definition) is 1. The summed E-state index contributed by atoms with van der Waals surface area (Å²) in [5.74, 6) is 0.739. The largest absolute Gasteiger partial charge is 0.378 e. The maximum atomic E-state index is 4.32. The highest BCUT2D eigenvalue weighted by molar-refractivity contribution is 5.43. The van der Waals surface area contributed by atoms with Gasteiger partial charge in [0.2, 0.25) is 0 Å². The van der Waals surface area contributed by atoms with Gasteiger partial charge < -0.3 is 5.32 Å². The van der Waals surface area contributed by atoms with Crippen LogP contribution in [0.15, 0.2) is 43.2 Å². The summed E-state index contributed by atoms with van der Waals surface area (Å²) in [5.41, 5.74) is 2.06. The average molecular weight is 255 g/mol. The van der Waals surface area contributed by atoms with Crippen LogP contribution in [-0.2, 0) is 13.6 Å². The van der Waals surface area contributed by atoms with Gasteiger partial charge in [0.15, 0.2) is 5.82 Å². The van der Waals surface area contributed by atoms with Crippen molar-refractivity contribution in [3.8, 4) is 5.82 Å². The quantitative estimate of drug-likeness (QED) is 0.753. The molecule has 0 amide bonds. The van der Waals surface area contributed by atoms with E-state index in [0.29, 0.717) is 6.54 Å². The summed E-state index contributed by atoms with van der Waals surface area (Å²) in [6.45, 7) is 0.709. The lowest BCUT2D eigenvalue weighted by Crippen LogP contribution is -2.06. The molecule has 0 aliphatic carbocycles. The van der Waals surface area contributed by atoms with Gasteiger partial charge in [-0.15, -0.1) is 0 Å². The second kappa shape index (κ2) is 4.89. The van der Waals surface area contributed by atoms with E-state index in [0.717, 1.165) is 17.2 Å². The standard InChI is InChI=1S/C12H13N7/c1-18-11(4-5-16-18)7-14-10-2-3-12(15-6-10)19-9-13-8-17-19/h2-6,8-9,14H,7H2,1H3. The Kier molecular flexibility index (Phi) is 2.93. The van der Waals surface area contributed by atoms with Gasteiger partial charge in [0, 0.05) is 13.2 Å². The van der Waals surface area contributed by atoms with Crippen molar-refractivity contribution in [2.45, 2.75) is 6.54 Å². The van der Waals surface area contributed by atoms with Crippen LogP contribution in [0.1, 0.15) is 5.69 Å². The van der Waals surface area contributed by atoms with E-state index in [-0.39, 0.29) is 0 Å². The SMILES string of the molecule is Cn1nccc1CNc1ccc(-n2cncn2)nc1. The molecule has 3 aromatic heterocycles. The Labute approximate surface area is 109 Å². The van der Waals surface area contributed by atoms with Gasteiger partial charge in [-0.2, -0.15) is 10.2 Å². The van der Waals surface area contributed by atoms with Crippen LogP contribution < -0.4 is 5.32 Å². The van der Waals surface area contributed by atoms with Crippen molar-refractivity contribution < 1.29 is 0 Å². The van der Waals surface area contributed by atoms with Gasteiger partial charge in [0.05, 0.1) is 24.1 Å². The molecule has 0 fully saturated rings. The highest BCUT2D eigenvalue weighted by Crippen LogP contribution is 2.10. The van der Waals surface area contributed by atoms with Gasteiger partial charge in [0.25, 0.3) is 0 Å². The summed E-state index contributed by atoms with van der Waals surface area (Å²) in [7, 11) is 1.92. The van der Waals surface area contributed by atoms with Crippen LogP contribution in [0.4, 0.5) is 5.69 Å². The number of pyridine rings is 1. The predicted octanol–water partition coefficient (Wildman–Crippen LogP) is 1.01. The number of hydrogen-bond acceptors (Lipinski definition) is 5. The second-order valence-electron chi connectivity index (χ2n) is 4.04. The maximum absolute atomic E-state index is 4.32. The van der Waals surface area contributed by atoms with Gasteiger partial charge in [0.1, 0.15) is 12.7 Å². The van der Waals surface area contributed by atoms with Gasteiger partial charge in [-0.05, 0) is 18.2 Å². The summed E-state index contributed by atoms with van der Waals surface area (Å²) in [6, 6.07) is 5.82. The number of aromatic nitrogens is 6. The minimum Gasteiger partial charge on any atom is -0.378 e. The van der Waals surface area contributed by atoms with E-state index in [2.05, 4.69) is 25.5 Å². The molecular formula is C12H13N7. The van der Waals surface area contributed by atoms with E-state index in [9.17, 15) is 0 Å². The zero-order valence-electron chi connectivity index (χ0n) is 10.4. The lowest BCUT2D eigenvalue weighted by Gasteiger charge is -2.07. The molecule has 96 valence electrons. The summed E-state index contributed by atoms with van der Waals surface area (Å²) in [4.78, 5) is 8.21. The smallest absolute Gasteiger partial charge is 0.155 e. The van der Waals surface area contributed by atoms with Crippen LogP contribution in [0, 0.1) is 0 Å². The number of rotatable bonds is 4. The molecule has 0 saturated heterocycles. The molecule has 7 heteroatoms. The van der Waals surface area contributed by atoms with Crippen molar-refractivity contribution in [2.75, 3.05) is 5.32 Å². The minimum atomic E-state index is 0.709. The van der Waals surface area contributed by atoms with Gasteiger partial charge in [-0.3, -0.25) is 4.68 Å². The molecule has 1 N–H and O–H groups in total. The van der Waals surface area contributed by atoms with Crippen LogP contribution in [0.3, 0.4) is 0 Å².